The van der Waals surface area contributed by atoms with Gasteiger partial charge in [0.25, 0.3) is 0 Å². The molecule has 1 aromatic carbocycles. The Morgan fingerprint density at radius 1 is 1.08 bits per heavy atom. The summed E-state index contributed by atoms with van der Waals surface area (Å²) < 4.78 is 11.9. The minimum Gasteiger partial charge on any atom is -0.381 e. The summed E-state index contributed by atoms with van der Waals surface area (Å²) in [6.45, 7) is 5.03. The van der Waals surface area contributed by atoms with Gasteiger partial charge in [-0.15, -0.1) is 0 Å². The first-order valence-electron chi connectivity index (χ1n) is 10.5. The van der Waals surface area contributed by atoms with Crippen LogP contribution in [0.3, 0.4) is 0 Å². The fraction of sp³-hybridized carbons (Fsp3) is 0.727. The summed E-state index contributed by atoms with van der Waals surface area (Å²) in [6, 6.07) is 7.62. The zero-order valence-electron chi connectivity index (χ0n) is 15.6. The van der Waals surface area contributed by atoms with E-state index < -0.39 is 0 Å². The molecule has 3 heteroatoms. The van der Waals surface area contributed by atoms with E-state index in [4.69, 9.17) is 9.47 Å². The first kappa shape index (κ1) is 17.4. The van der Waals surface area contributed by atoms with Crippen molar-refractivity contribution in [1.82, 2.24) is 0 Å². The summed E-state index contributed by atoms with van der Waals surface area (Å²) in [6.07, 6.45) is 10.3. The van der Waals surface area contributed by atoms with Gasteiger partial charge in [0.15, 0.2) is 0 Å². The molecule has 4 rings (SSSR count). The monoisotopic (exact) mass is 343 g/mol. The molecule has 0 bridgehead atoms. The van der Waals surface area contributed by atoms with Gasteiger partial charge in [0.2, 0.25) is 0 Å². The topological polar surface area (TPSA) is 30.5 Å². The SMILES string of the molecule is CCCCCc1ccc2c(c1)[C@H]1OCCC[C@H]1[C@@H](C1CCOCC1)N2. The first-order valence-corrected chi connectivity index (χ1v) is 10.5. The molecule has 0 saturated carbocycles. The molecule has 0 spiro atoms. The minimum absolute atomic E-state index is 0.295. The Morgan fingerprint density at radius 2 is 1.96 bits per heavy atom. The number of hydrogen-bond donors (Lipinski definition) is 1. The molecule has 0 unspecified atom stereocenters. The van der Waals surface area contributed by atoms with Crippen molar-refractivity contribution in [1.29, 1.82) is 0 Å². The van der Waals surface area contributed by atoms with Gasteiger partial charge >= 0.3 is 0 Å². The Labute approximate surface area is 152 Å². The van der Waals surface area contributed by atoms with Crippen LogP contribution in [0.25, 0.3) is 0 Å². The number of ether oxygens (including phenoxy) is 2. The summed E-state index contributed by atoms with van der Waals surface area (Å²) in [7, 11) is 0. The van der Waals surface area contributed by atoms with Crippen LogP contribution in [0.2, 0.25) is 0 Å². The molecule has 0 aliphatic carbocycles. The second-order valence-corrected chi connectivity index (χ2v) is 8.10. The minimum atomic E-state index is 0.295. The Balaban J connectivity index is 1.57. The predicted molar refractivity (Wildman–Crippen MR) is 102 cm³/mol. The molecule has 0 radical (unpaired) electrons. The number of fused-ring (bicyclic) bond motifs is 3. The number of aryl methyl sites for hydroxylation is 1. The average Bonchev–Trinajstić information content (AvgIpc) is 2.68. The zero-order valence-corrected chi connectivity index (χ0v) is 15.6. The Morgan fingerprint density at radius 3 is 2.80 bits per heavy atom. The third-order valence-corrected chi connectivity index (χ3v) is 6.42. The van der Waals surface area contributed by atoms with E-state index in [1.54, 1.807) is 0 Å². The first-order chi connectivity index (χ1) is 12.4. The lowest BCUT2D eigenvalue weighted by Crippen LogP contribution is -2.47. The molecule has 2 fully saturated rings. The summed E-state index contributed by atoms with van der Waals surface area (Å²) >= 11 is 0. The molecular formula is C22H33NO2. The second kappa shape index (κ2) is 8.09. The summed E-state index contributed by atoms with van der Waals surface area (Å²) in [5, 5.41) is 3.92. The van der Waals surface area contributed by atoms with Crippen molar-refractivity contribution in [3.63, 3.8) is 0 Å². The van der Waals surface area contributed by atoms with Crippen LogP contribution < -0.4 is 5.32 Å². The lowest BCUT2D eigenvalue weighted by Gasteiger charge is -2.47. The van der Waals surface area contributed by atoms with Gasteiger partial charge in [-0.3, -0.25) is 0 Å². The van der Waals surface area contributed by atoms with Crippen LogP contribution in [0.15, 0.2) is 18.2 Å². The number of benzene rings is 1. The molecule has 2 saturated heterocycles. The van der Waals surface area contributed by atoms with Gasteiger partial charge in [0.05, 0.1) is 6.10 Å². The number of unbranched alkanes of at least 4 members (excludes halogenated alkanes) is 2. The molecule has 3 nitrogen and oxygen atoms in total. The highest BCUT2D eigenvalue weighted by molar-refractivity contribution is 5.57. The van der Waals surface area contributed by atoms with E-state index in [0.717, 1.165) is 25.7 Å². The third kappa shape index (κ3) is 3.73. The highest BCUT2D eigenvalue weighted by atomic mass is 16.5. The van der Waals surface area contributed by atoms with Crippen molar-refractivity contribution in [2.24, 2.45) is 11.8 Å². The number of hydrogen-bond acceptors (Lipinski definition) is 3. The fourth-order valence-corrected chi connectivity index (χ4v) is 5.04. The maximum atomic E-state index is 6.34. The molecule has 3 aliphatic heterocycles. The van der Waals surface area contributed by atoms with Crippen LogP contribution in [0.1, 0.15) is 69.1 Å². The molecule has 3 atom stereocenters. The highest BCUT2D eigenvalue weighted by Gasteiger charge is 2.42. The number of rotatable bonds is 5. The Kier molecular flexibility index (Phi) is 5.62. The van der Waals surface area contributed by atoms with Gasteiger partial charge in [-0.25, -0.2) is 0 Å². The van der Waals surface area contributed by atoms with Crippen LogP contribution in [-0.2, 0) is 15.9 Å². The predicted octanol–water partition coefficient (Wildman–Crippen LogP) is 5.11. The Bertz CT molecular complexity index is 567. The number of anilines is 1. The molecule has 1 aromatic rings. The molecular weight excluding hydrogens is 310 g/mol. The van der Waals surface area contributed by atoms with E-state index >= 15 is 0 Å². The van der Waals surface area contributed by atoms with E-state index in [9.17, 15) is 0 Å². The molecule has 0 amide bonds. The summed E-state index contributed by atoms with van der Waals surface area (Å²) in [5.41, 5.74) is 4.22. The van der Waals surface area contributed by atoms with Gasteiger partial charge in [-0.05, 0) is 56.1 Å². The van der Waals surface area contributed by atoms with E-state index in [1.165, 1.54) is 68.2 Å². The molecule has 3 aliphatic rings. The number of nitrogens with one attached hydrogen (secondary N) is 1. The summed E-state index contributed by atoms with van der Waals surface area (Å²) in [5.74, 6) is 1.34. The smallest absolute Gasteiger partial charge is 0.0892 e. The molecule has 25 heavy (non-hydrogen) atoms. The quantitative estimate of drug-likeness (QED) is 0.754. The van der Waals surface area contributed by atoms with Crippen molar-refractivity contribution >= 4 is 5.69 Å². The lowest BCUT2D eigenvalue weighted by atomic mass is 9.73. The van der Waals surface area contributed by atoms with Gasteiger partial charge in [-0.1, -0.05) is 31.9 Å². The lowest BCUT2D eigenvalue weighted by molar-refractivity contribution is -0.0517. The normalized spacial score (nSPS) is 29.6. The van der Waals surface area contributed by atoms with E-state index in [-0.39, 0.29) is 0 Å². The van der Waals surface area contributed by atoms with E-state index in [2.05, 4.69) is 30.4 Å². The third-order valence-electron chi connectivity index (χ3n) is 6.42. The molecule has 0 aromatic heterocycles. The van der Waals surface area contributed by atoms with Gasteiger partial charge in [0.1, 0.15) is 0 Å². The van der Waals surface area contributed by atoms with Crippen LogP contribution in [0.4, 0.5) is 5.69 Å². The van der Waals surface area contributed by atoms with Gasteiger partial charge in [-0.2, -0.15) is 0 Å². The maximum Gasteiger partial charge on any atom is 0.0892 e. The van der Waals surface area contributed by atoms with Crippen LogP contribution in [0.5, 0.6) is 0 Å². The molecule has 138 valence electrons. The standard InChI is InChI=1S/C22H33NO2/c1-2-3-4-6-16-8-9-20-19(15-16)22-18(7-5-12-25-22)21(23-20)17-10-13-24-14-11-17/h8-9,15,17-18,21-23H,2-7,10-14H2,1H3/t18-,21+,22-/m0/s1. The van der Waals surface area contributed by atoms with Gasteiger partial charge in [0, 0.05) is 43.0 Å². The van der Waals surface area contributed by atoms with Crippen LogP contribution in [-0.4, -0.2) is 25.9 Å². The van der Waals surface area contributed by atoms with Crippen LogP contribution in [0, 0.1) is 11.8 Å². The van der Waals surface area contributed by atoms with Crippen molar-refractivity contribution in [3.05, 3.63) is 29.3 Å². The zero-order chi connectivity index (χ0) is 17.1. The second-order valence-electron chi connectivity index (χ2n) is 8.10. The molecule has 1 N–H and O–H groups in total. The average molecular weight is 344 g/mol. The van der Waals surface area contributed by atoms with Crippen molar-refractivity contribution in [3.8, 4) is 0 Å². The van der Waals surface area contributed by atoms with Crippen LogP contribution >= 0.6 is 0 Å². The maximum absolute atomic E-state index is 6.34. The summed E-state index contributed by atoms with van der Waals surface area (Å²) in [4.78, 5) is 0. The fourth-order valence-electron chi connectivity index (χ4n) is 5.04. The largest absolute Gasteiger partial charge is 0.381 e. The van der Waals surface area contributed by atoms with Crippen molar-refractivity contribution in [2.45, 2.75) is 70.4 Å². The Hall–Kier alpha value is -1.06. The van der Waals surface area contributed by atoms with E-state index in [1.807, 2.05) is 0 Å². The highest BCUT2D eigenvalue weighted by Crippen LogP contribution is 2.47. The van der Waals surface area contributed by atoms with Crippen molar-refractivity contribution in [2.75, 3.05) is 25.1 Å². The van der Waals surface area contributed by atoms with Gasteiger partial charge < -0.3 is 14.8 Å². The molecule has 3 heterocycles. The van der Waals surface area contributed by atoms with Crippen molar-refractivity contribution < 1.29 is 9.47 Å². The van der Waals surface area contributed by atoms with E-state index in [0.29, 0.717) is 18.1 Å².